The van der Waals surface area contributed by atoms with Crippen molar-refractivity contribution in [3.63, 3.8) is 0 Å². The van der Waals surface area contributed by atoms with Crippen LogP contribution in [0.15, 0.2) is 40.8 Å². The van der Waals surface area contributed by atoms with Crippen molar-refractivity contribution < 1.29 is 19.1 Å². The maximum Gasteiger partial charge on any atom is 0.258 e. The highest BCUT2D eigenvalue weighted by molar-refractivity contribution is 6.02. The molecule has 2 heterocycles. The van der Waals surface area contributed by atoms with Crippen LogP contribution < -0.4 is 5.32 Å². The number of nitrogens with zero attached hydrogens (tertiary/aromatic N) is 1. The Morgan fingerprint density at radius 1 is 1.38 bits per heavy atom. The lowest BCUT2D eigenvalue weighted by Crippen LogP contribution is -2.57. The third-order valence-electron chi connectivity index (χ3n) is 4.12. The van der Waals surface area contributed by atoms with Crippen LogP contribution in [-0.4, -0.2) is 47.6 Å². The van der Waals surface area contributed by atoms with E-state index in [1.54, 1.807) is 13.0 Å². The summed E-state index contributed by atoms with van der Waals surface area (Å²) in [7, 11) is 0. The molecule has 0 saturated carbocycles. The molecule has 1 atom stereocenters. The monoisotopic (exact) mass is 328 g/mol. The highest BCUT2D eigenvalue weighted by Crippen LogP contribution is 2.29. The van der Waals surface area contributed by atoms with Crippen LogP contribution in [0.1, 0.15) is 22.5 Å². The Labute approximate surface area is 140 Å². The normalized spacial score (nSPS) is 17.7. The Morgan fingerprint density at radius 3 is 2.83 bits per heavy atom. The zero-order valence-electron chi connectivity index (χ0n) is 13.5. The first-order valence-corrected chi connectivity index (χ1v) is 7.97. The Balaban J connectivity index is 1.96. The van der Waals surface area contributed by atoms with Crippen molar-refractivity contribution in [2.75, 3.05) is 19.7 Å². The third kappa shape index (κ3) is 3.05. The minimum atomic E-state index is -0.657. The predicted molar refractivity (Wildman–Crippen MR) is 88.4 cm³/mol. The SMILES string of the molecule is Cc1cc(C(=O)N2CCNC(=O)C2CCO)c(-c2ccccc2)o1. The van der Waals surface area contributed by atoms with Crippen molar-refractivity contribution in [2.24, 2.45) is 0 Å². The molecule has 1 unspecified atom stereocenters. The van der Waals surface area contributed by atoms with Gasteiger partial charge in [0.25, 0.3) is 5.91 Å². The first-order chi connectivity index (χ1) is 11.6. The zero-order valence-corrected chi connectivity index (χ0v) is 13.5. The van der Waals surface area contributed by atoms with Crippen LogP contribution in [0.25, 0.3) is 11.3 Å². The number of amides is 2. The number of carbonyl (C=O) groups is 2. The molecule has 1 saturated heterocycles. The lowest BCUT2D eigenvalue weighted by Gasteiger charge is -2.34. The first kappa shape index (κ1) is 16.3. The average Bonchev–Trinajstić information content (AvgIpc) is 2.99. The van der Waals surface area contributed by atoms with Gasteiger partial charge in [-0.15, -0.1) is 0 Å². The minimum Gasteiger partial charge on any atom is -0.461 e. The van der Waals surface area contributed by atoms with E-state index in [-0.39, 0.29) is 24.8 Å². The summed E-state index contributed by atoms with van der Waals surface area (Å²) in [5, 5.41) is 11.9. The van der Waals surface area contributed by atoms with Crippen LogP contribution in [0.4, 0.5) is 0 Å². The summed E-state index contributed by atoms with van der Waals surface area (Å²) in [6.07, 6.45) is 0.217. The number of benzene rings is 1. The smallest absolute Gasteiger partial charge is 0.258 e. The Kier molecular flexibility index (Phi) is 4.66. The van der Waals surface area contributed by atoms with Gasteiger partial charge in [-0.1, -0.05) is 30.3 Å². The zero-order chi connectivity index (χ0) is 17.1. The number of furan rings is 1. The van der Waals surface area contributed by atoms with E-state index in [0.29, 0.717) is 30.2 Å². The fraction of sp³-hybridized carbons (Fsp3) is 0.333. The second-order valence-corrected chi connectivity index (χ2v) is 5.78. The lowest BCUT2D eigenvalue weighted by molar-refractivity contribution is -0.128. The van der Waals surface area contributed by atoms with E-state index in [1.165, 1.54) is 4.90 Å². The predicted octanol–water partition coefficient (Wildman–Crippen LogP) is 1.58. The molecule has 2 amide bonds. The van der Waals surface area contributed by atoms with Crippen LogP contribution in [0, 0.1) is 6.92 Å². The maximum absolute atomic E-state index is 13.0. The van der Waals surface area contributed by atoms with Crippen LogP contribution in [0.2, 0.25) is 0 Å². The average molecular weight is 328 g/mol. The van der Waals surface area contributed by atoms with E-state index in [9.17, 15) is 14.7 Å². The first-order valence-electron chi connectivity index (χ1n) is 7.97. The number of aryl methyl sites for hydroxylation is 1. The molecule has 24 heavy (non-hydrogen) atoms. The number of nitrogens with one attached hydrogen (secondary N) is 1. The summed E-state index contributed by atoms with van der Waals surface area (Å²) in [5.74, 6) is 0.660. The summed E-state index contributed by atoms with van der Waals surface area (Å²) in [6, 6.07) is 10.5. The summed E-state index contributed by atoms with van der Waals surface area (Å²) in [4.78, 5) is 26.6. The molecule has 1 aromatic heterocycles. The van der Waals surface area contributed by atoms with E-state index in [2.05, 4.69) is 5.32 Å². The molecular weight excluding hydrogens is 308 g/mol. The van der Waals surface area contributed by atoms with Crippen LogP contribution in [-0.2, 0) is 4.79 Å². The highest BCUT2D eigenvalue weighted by atomic mass is 16.3. The molecule has 1 aliphatic rings. The van der Waals surface area contributed by atoms with Gasteiger partial charge in [-0.2, -0.15) is 0 Å². The summed E-state index contributed by atoms with van der Waals surface area (Å²) >= 11 is 0. The number of aliphatic hydroxyl groups is 1. The molecule has 126 valence electrons. The van der Waals surface area contributed by atoms with Crippen LogP contribution in [0.5, 0.6) is 0 Å². The lowest BCUT2D eigenvalue weighted by atomic mass is 10.0. The molecule has 6 nitrogen and oxygen atoms in total. The van der Waals surface area contributed by atoms with Gasteiger partial charge in [0.1, 0.15) is 17.6 Å². The standard InChI is InChI=1S/C18H20N2O4/c1-12-11-14(16(24-12)13-5-3-2-4-6-13)18(23)20-9-8-19-17(22)15(20)7-10-21/h2-6,11,15,21H,7-10H2,1H3,(H,19,22). The number of piperazine rings is 1. The Morgan fingerprint density at radius 2 is 2.12 bits per heavy atom. The van der Waals surface area contributed by atoms with E-state index in [0.717, 1.165) is 5.56 Å². The molecule has 0 spiro atoms. The molecule has 2 N–H and O–H groups in total. The van der Waals surface area contributed by atoms with Crippen molar-refractivity contribution in [3.05, 3.63) is 47.7 Å². The van der Waals surface area contributed by atoms with Gasteiger partial charge in [0.05, 0.1) is 5.56 Å². The molecule has 1 aromatic carbocycles. The number of rotatable bonds is 4. The number of hydrogen-bond donors (Lipinski definition) is 2. The molecule has 0 radical (unpaired) electrons. The van der Waals surface area contributed by atoms with Gasteiger partial charge < -0.3 is 19.7 Å². The molecular formula is C18H20N2O4. The molecule has 2 aromatic rings. The van der Waals surface area contributed by atoms with Crippen molar-refractivity contribution in [1.29, 1.82) is 0 Å². The van der Waals surface area contributed by atoms with Gasteiger partial charge in [0.15, 0.2) is 0 Å². The van der Waals surface area contributed by atoms with Crippen LogP contribution >= 0.6 is 0 Å². The van der Waals surface area contributed by atoms with Crippen LogP contribution in [0.3, 0.4) is 0 Å². The molecule has 1 fully saturated rings. The topological polar surface area (TPSA) is 82.8 Å². The number of hydrogen-bond acceptors (Lipinski definition) is 4. The van der Waals surface area contributed by atoms with Gasteiger partial charge in [-0.05, 0) is 19.4 Å². The fourth-order valence-electron chi connectivity index (χ4n) is 3.00. The van der Waals surface area contributed by atoms with Gasteiger partial charge in [0.2, 0.25) is 5.91 Å². The van der Waals surface area contributed by atoms with Crippen molar-refractivity contribution in [3.8, 4) is 11.3 Å². The van der Waals surface area contributed by atoms with Crippen molar-refractivity contribution >= 4 is 11.8 Å². The highest BCUT2D eigenvalue weighted by Gasteiger charge is 2.34. The third-order valence-corrected chi connectivity index (χ3v) is 4.12. The second kappa shape index (κ2) is 6.88. The minimum absolute atomic E-state index is 0.155. The van der Waals surface area contributed by atoms with E-state index in [1.807, 2.05) is 30.3 Å². The molecule has 0 aliphatic carbocycles. The van der Waals surface area contributed by atoms with Crippen molar-refractivity contribution in [1.82, 2.24) is 10.2 Å². The summed E-state index contributed by atoms with van der Waals surface area (Å²) in [5.41, 5.74) is 1.26. The van der Waals surface area contributed by atoms with E-state index < -0.39 is 6.04 Å². The van der Waals surface area contributed by atoms with Gasteiger partial charge in [0, 0.05) is 25.3 Å². The summed E-state index contributed by atoms with van der Waals surface area (Å²) < 4.78 is 5.74. The quantitative estimate of drug-likeness (QED) is 0.893. The Bertz CT molecular complexity index is 739. The largest absolute Gasteiger partial charge is 0.461 e. The number of aliphatic hydroxyl groups excluding tert-OH is 1. The summed E-state index contributed by atoms with van der Waals surface area (Å²) in [6.45, 7) is 2.45. The van der Waals surface area contributed by atoms with E-state index >= 15 is 0 Å². The molecule has 6 heteroatoms. The fourth-order valence-corrected chi connectivity index (χ4v) is 3.00. The van der Waals surface area contributed by atoms with Gasteiger partial charge in [-0.3, -0.25) is 9.59 Å². The van der Waals surface area contributed by atoms with Gasteiger partial charge in [-0.25, -0.2) is 0 Å². The second-order valence-electron chi connectivity index (χ2n) is 5.78. The van der Waals surface area contributed by atoms with Crippen molar-refractivity contribution in [2.45, 2.75) is 19.4 Å². The molecule has 0 bridgehead atoms. The maximum atomic E-state index is 13.0. The Hall–Kier alpha value is -2.60. The molecule has 3 rings (SSSR count). The van der Waals surface area contributed by atoms with E-state index in [4.69, 9.17) is 4.42 Å². The molecule has 1 aliphatic heterocycles. The number of carbonyl (C=O) groups excluding carboxylic acids is 2. The van der Waals surface area contributed by atoms with Gasteiger partial charge >= 0.3 is 0 Å².